The molecule has 2 heterocycles. The molecule has 3 N–H and O–H groups in total. The van der Waals surface area contributed by atoms with Crippen molar-refractivity contribution in [2.45, 2.75) is 25.7 Å². The third-order valence-corrected chi connectivity index (χ3v) is 4.85. The molecule has 20 heavy (non-hydrogen) atoms. The monoisotopic (exact) mass is 271 g/mol. The van der Waals surface area contributed by atoms with Gasteiger partial charge < -0.3 is 15.6 Å². The Hall–Kier alpha value is -1.32. The summed E-state index contributed by atoms with van der Waals surface area (Å²) in [4.78, 5) is 5.83. The maximum atomic E-state index is 6.13. The fourth-order valence-corrected chi connectivity index (χ4v) is 3.57. The van der Waals surface area contributed by atoms with Crippen molar-refractivity contribution in [2.75, 3.05) is 26.7 Å². The molecular weight excluding hydrogens is 246 g/mol. The van der Waals surface area contributed by atoms with Crippen LogP contribution in [-0.2, 0) is 0 Å². The first kappa shape index (κ1) is 13.7. The predicted molar refractivity (Wildman–Crippen MR) is 85.1 cm³/mol. The van der Waals surface area contributed by atoms with Crippen molar-refractivity contribution in [1.29, 1.82) is 0 Å². The zero-order chi connectivity index (χ0) is 14.1. The van der Waals surface area contributed by atoms with Crippen LogP contribution in [0.3, 0.4) is 0 Å². The number of benzene rings is 1. The molecule has 1 aliphatic heterocycles. The van der Waals surface area contributed by atoms with Gasteiger partial charge in [-0.15, -0.1) is 0 Å². The van der Waals surface area contributed by atoms with E-state index < -0.39 is 0 Å². The van der Waals surface area contributed by atoms with Gasteiger partial charge in [0.25, 0.3) is 0 Å². The van der Waals surface area contributed by atoms with E-state index in [1.165, 1.54) is 48.0 Å². The van der Waals surface area contributed by atoms with Gasteiger partial charge in [-0.1, -0.05) is 11.6 Å². The molecule has 1 unspecified atom stereocenters. The number of aromatic nitrogens is 1. The first-order valence-electron chi connectivity index (χ1n) is 7.65. The van der Waals surface area contributed by atoms with Crippen LogP contribution in [0, 0.1) is 12.8 Å². The molecule has 1 fully saturated rings. The highest BCUT2D eigenvalue weighted by molar-refractivity contribution is 5.84. The Morgan fingerprint density at radius 3 is 2.80 bits per heavy atom. The molecule has 0 radical (unpaired) electrons. The van der Waals surface area contributed by atoms with E-state index in [2.05, 4.69) is 48.3 Å². The number of likely N-dealkylation sites (tertiary alicyclic amines) is 1. The SMILES string of the molecule is Cc1ccc2[nH]cc(C(CN)C3CCN(C)CC3)c2c1. The van der Waals surface area contributed by atoms with Crippen LogP contribution in [0.25, 0.3) is 10.9 Å². The number of H-pyrrole nitrogens is 1. The largest absolute Gasteiger partial charge is 0.361 e. The number of aromatic amines is 1. The lowest BCUT2D eigenvalue weighted by atomic mass is 9.80. The standard InChI is InChI=1S/C17H25N3/c1-12-3-4-17-14(9-12)16(11-19-17)15(10-18)13-5-7-20(2)8-6-13/h3-4,9,11,13,15,19H,5-8,10,18H2,1-2H3. The summed E-state index contributed by atoms with van der Waals surface area (Å²) in [5.74, 6) is 1.20. The van der Waals surface area contributed by atoms with Crippen LogP contribution < -0.4 is 5.73 Å². The van der Waals surface area contributed by atoms with E-state index in [-0.39, 0.29) is 0 Å². The average molecular weight is 271 g/mol. The Morgan fingerprint density at radius 1 is 1.35 bits per heavy atom. The minimum absolute atomic E-state index is 0.485. The Labute approximate surface area is 121 Å². The second kappa shape index (κ2) is 5.58. The highest BCUT2D eigenvalue weighted by Crippen LogP contribution is 2.35. The van der Waals surface area contributed by atoms with Crippen molar-refractivity contribution in [2.24, 2.45) is 11.7 Å². The Bertz CT molecular complexity index is 579. The number of piperidine rings is 1. The molecule has 0 saturated carbocycles. The number of nitrogens with two attached hydrogens (primary N) is 1. The summed E-state index contributed by atoms with van der Waals surface area (Å²) < 4.78 is 0. The zero-order valence-corrected chi connectivity index (χ0v) is 12.5. The molecule has 1 saturated heterocycles. The van der Waals surface area contributed by atoms with Gasteiger partial charge in [-0.2, -0.15) is 0 Å². The van der Waals surface area contributed by atoms with Crippen LogP contribution in [0.15, 0.2) is 24.4 Å². The minimum Gasteiger partial charge on any atom is -0.361 e. The fourth-order valence-electron chi connectivity index (χ4n) is 3.57. The van der Waals surface area contributed by atoms with Crippen LogP contribution in [0.4, 0.5) is 0 Å². The summed E-state index contributed by atoms with van der Waals surface area (Å²) in [5.41, 5.74) is 10.1. The Morgan fingerprint density at radius 2 is 2.10 bits per heavy atom. The Kier molecular flexibility index (Phi) is 3.81. The van der Waals surface area contributed by atoms with Gasteiger partial charge >= 0.3 is 0 Å². The average Bonchev–Trinajstić information content (AvgIpc) is 2.85. The Balaban J connectivity index is 1.93. The van der Waals surface area contributed by atoms with Crippen LogP contribution in [-0.4, -0.2) is 36.6 Å². The van der Waals surface area contributed by atoms with Gasteiger partial charge in [0.1, 0.15) is 0 Å². The minimum atomic E-state index is 0.485. The lowest BCUT2D eigenvalue weighted by molar-refractivity contribution is 0.199. The van der Waals surface area contributed by atoms with E-state index in [1.807, 2.05) is 0 Å². The van der Waals surface area contributed by atoms with Crippen molar-refractivity contribution in [1.82, 2.24) is 9.88 Å². The summed E-state index contributed by atoms with van der Waals surface area (Å²) in [6.45, 7) is 5.30. The third-order valence-electron chi connectivity index (χ3n) is 4.85. The van der Waals surface area contributed by atoms with Crippen molar-refractivity contribution in [3.05, 3.63) is 35.5 Å². The number of aryl methyl sites for hydroxylation is 1. The summed E-state index contributed by atoms with van der Waals surface area (Å²) in [7, 11) is 2.21. The molecule has 1 aromatic carbocycles. The van der Waals surface area contributed by atoms with E-state index in [9.17, 15) is 0 Å². The molecule has 108 valence electrons. The fraction of sp³-hybridized carbons (Fsp3) is 0.529. The smallest absolute Gasteiger partial charge is 0.0457 e. The highest BCUT2D eigenvalue weighted by Gasteiger charge is 2.27. The van der Waals surface area contributed by atoms with Crippen LogP contribution in [0.2, 0.25) is 0 Å². The number of nitrogens with zero attached hydrogens (tertiary/aromatic N) is 1. The number of hydrogen-bond acceptors (Lipinski definition) is 2. The lowest BCUT2D eigenvalue weighted by Gasteiger charge is -2.33. The first-order valence-corrected chi connectivity index (χ1v) is 7.65. The van der Waals surface area contributed by atoms with Crippen molar-refractivity contribution >= 4 is 10.9 Å². The maximum absolute atomic E-state index is 6.13. The van der Waals surface area contributed by atoms with E-state index in [1.54, 1.807) is 0 Å². The summed E-state index contributed by atoms with van der Waals surface area (Å²) in [6, 6.07) is 6.63. The van der Waals surface area contributed by atoms with Crippen LogP contribution in [0.1, 0.15) is 29.9 Å². The first-order chi connectivity index (χ1) is 9.69. The van der Waals surface area contributed by atoms with Gasteiger partial charge in [0.05, 0.1) is 0 Å². The topological polar surface area (TPSA) is 45.1 Å². The molecule has 1 aliphatic rings. The summed E-state index contributed by atoms with van der Waals surface area (Å²) in [5, 5.41) is 1.36. The van der Waals surface area contributed by atoms with Crippen molar-refractivity contribution in [3.8, 4) is 0 Å². The number of fused-ring (bicyclic) bond motifs is 1. The van der Waals surface area contributed by atoms with E-state index in [0.29, 0.717) is 5.92 Å². The predicted octanol–water partition coefficient (Wildman–Crippen LogP) is 2.86. The number of hydrogen-bond donors (Lipinski definition) is 2. The van der Waals surface area contributed by atoms with E-state index >= 15 is 0 Å². The summed E-state index contributed by atoms with van der Waals surface area (Å²) in [6.07, 6.45) is 4.70. The zero-order valence-electron chi connectivity index (χ0n) is 12.5. The molecule has 0 aliphatic carbocycles. The molecule has 0 amide bonds. The number of nitrogens with one attached hydrogen (secondary N) is 1. The molecule has 3 rings (SSSR count). The van der Waals surface area contributed by atoms with E-state index in [4.69, 9.17) is 5.73 Å². The molecule has 3 heteroatoms. The van der Waals surface area contributed by atoms with Gasteiger partial charge in [0.15, 0.2) is 0 Å². The van der Waals surface area contributed by atoms with Gasteiger partial charge in [-0.3, -0.25) is 0 Å². The third kappa shape index (κ3) is 2.48. The molecule has 1 atom stereocenters. The quantitative estimate of drug-likeness (QED) is 0.901. The highest BCUT2D eigenvalue weighted by atomic mass is 15.1. The molecule has 2 aromatic rings. The van der Waals surface area contributed by atoms with Crippen LogP contribution >= 0.6 is 0 Å². The summed E-state index contributed by atoms with van der Waals surface area (Å²) >= 11 is 0. The van der Waals surface area contributed by atoms with Gasteiger partial charge in [0.2, 0.25) is 0 Å². The molecule has 0 spiro atoms. The van der Waals surface area contributed by atoms with E-state index in [0.717, 1.165) is 12.5 Å². The van der Waals surface area contributed by atoms with Gasteiger partial charge in [0, 0.05) is 23.0 Å². The molecule has 1 aromatic heterocycles. The van der Waals surface area contributed by atoms with Crippen molar-refractivity contribution in [3.63, 3.8) is 0 Å². The van der Waals surface area contributed by atoms with Gasteiger partial charge in [-0.05, 0) is 70.1 Å². The van der Waals surface area contributed by atoms with Gasteiger partial charge in [-0.25, -0.2) is 0 Å². The second-order valence-corrected chi connectivity index (χ2v) is 6.28. The molecule has 0 bridgehead atoms. The maximum Gasteiger partial charge on any atom is 0.0457 e. The molecule has 3 nitrogen and oxygen atoms in total. The normalized spacial score (nSPS) is 19.6. The second-order valence-electron chi connectivity index (χ2n) is 6.28. The number of rotatable bonds is 3. The molecular formula is C17H25N3. The lowest BCUT2D eigenvalue weighted by Crippen LogP contribution is -2.34. The van der Waals surface area contributed by atoms with Crippen molar-refractivity contribution < 1.29 is 0 Å². The van der Waals surface area contributed by atoms with Crippen LogP contribution in [0.5, 0.6) is 0 Å².